The molecular weight excluding hydrogens is 450 g/mol. The molecule has 1 aliphatic rings. The van der Waals surface area contributed by atoms with Crippen LogP contribution in [0.15, 0.2) is 36.4 Å². The highest BCUT2D eigenvalue weighted by Gasteiger charge is 2.21. The second kappa shape index (κ2) is 15.6. The fraction of sp³-hybridized carbons (Fsp3) is 0.556. The van der Waals surface area contributed by atoms with Crippen LogP contribution >= 0.6 is 11.3 Å². The van der Waals surface area contributed by atoms with E-state index in [-0.39, 0.29) is 12.5 Å². The molecule has 1 unspecified atom stereocenters. The number of ether oxygens (including phenoxy) is 1. The normalized spacial score (nSPS) is 14.0. The number of hydrogen-bond donors (Lipinski definition) is 2. The lowest BCUT2D eigenvalue weighted by atomic mass is 10.1. The largest absolute Gasteiger partial charge is 0.459 e. The topological polar surface area (TPSA) is 87.1 Å². The summed E-state index contributed by atoms with van der Waals surface area (Å²) in [6.45, 7) is 4.63. The fourth-order valence-corrected chi connectivity index (χ4v) is 4.69. The molecule has 2 N–H and O–H groups in total. The van der Waals surface area contributed by atoms with E-state index in [4.69, 9.17) is 14.9 Å². The van der Waals surface area contributed by atoms with Crippen molar-refractivity contribution in [2.75, 3.05) is 24.7 Å². The van der Waals surface area contributed by atoms with E-state index in [0.717, 1.165) is 42.8 Å². The maximum atomic E-state index is 11.6. The van der Waals surface area contributed by atoms with Crippen molar-refractivity contribution in [3.05, 3.63) is 51.7 Å². The third-order valence-electron chi connectivity index (χ3n) is 5.62. The lowest BCUT2D eigenvalue weighted by molar-refractivity contribution is -0.117. The highest BCUT2D eigenvalue weighted by molar-refractivity contribution is 7.13. The Kier molecular flexibility index (Phi) is 12.9. The van der Waals surface area contributed by atoms with Gasteiger partial charge in [-0.05, 0) is 55.5 Å². The molecule has 6 nitrogen and oxygen atoms in total. The first-order chi connectivity index (χ1) is 16.5. The monoisotopic (exact) mass is 489 g/mol. The summed E-state index contributed by atoms with van der Waals surface area (Å²) in [5.41, 5.74) is 2.45. The highest BCUT2D eigenvalue weighted by atomic mass is 32.1. The van der Waals surface area contributed by atoms with Crippen molar-refractivity contribution in [3.63, 3.8) is 0 Å². The van der Waals surface area contributed by atoms with E-state index in [1.54, 1.807) is 6.07 Å². The molecule has 0 spiro atoms. The van der Waals surface area contributed by atoms with Crippen molar-refractivity contribution in [2.45, 2.75) is 77.7 Å². The van der Waals surface area contributed by atoms with Crippen LogP contribution in [0.2, 0.25) is 0 Å². The third kappa shape index (κ3) is 9.57. The van der Waals surface area contributed by atoms with Crippen molar-refractivity contribution < 1.29 is 24.5 Å². The Morgan fingerprint density at radius 3 is 2.44 bits per heavy atom. The Morgan fingerprint density at radius 1 is 1.06 bits per heavy atom. The number of esters is 1. The van der Waals surface area contributed by atoms with Crippen LogP contribution < -0.4 is 4.90 Å². The average molecular weight is 490 g/mol. The molecule has 1 atom stereocenters. The number of unbranched alkanes of at least 4 members (excludes halogenated alkanes) is 3. The van der Waals surface area contributed by atoms with Gasteiger partial charge in [-0.15, -0.1) is 11.3 Å². The summed E-state index contributed by atoms with van der Waals surface area (Å²) in [6.07, 6.45) is 9.08. The second-order valence-corrected chi connectivity index (χ2v) is 9.75. The van der Waals surface area contributed by atoms with Crippen molar-refractivity contribution in [1.29, 1.82) is 0 Å². The number of aliphatic hydroxyl groups excluding tert-OH is 2. The van der Waals surface area contributed by atoms with Gasteiger partial charge in [-0.2, -0.15) is 0 Å². The zero-order valence-corrected chi connectivity index (χ0v) is 21.3. The molecule has 1 aromatic heterocycles. The molecule has 7 heteroatoms. The molecular formula is C27H39NO5S. The molecule has 34 heavy (non-hydrogen) atoms. The van der Waals surface area contributed by atoms with E-state index in [9.17, 15) is 9.59 Å². The number of benzene rings is 1. The van der Waals surface area contributed by atoms with Gasteiger partial charge in [0.2, 0.25) is 5.91 Å². The number of aryl methyl sites for hydroxylation is 2. The van der Waals surface area contributed by atoms with Crippen LogP contribution in [-0.4, -0.2) is 48.0 Å². The molecule has 1 aromatic carbocycles. The van der Waals surface area contributed by atoms with E-state index in [1.165, 1.54) is 42.6 Å². The van der Waals surface area contributed by atoms with E-state index in [0.29, 0.717) is 11.3 Å². The molecule has 1 aliphatic heterocycles. The quantitative estimate of drug-likeness (QED) is 0.318. The van der Waals surface area contributed by atoms with Gasteiger partial charge in [0, 0.05) is 23.5 Å². The maximum Gasteiger partial charge on any atom is 0.348 e. The van der Waals surface area contributed by atoms with Crippen molar-refractivity contribution >= 4 is 28.9 Å². The SMILES string of the molecule is CCCCCCc1ccc(N2CCCC2=O)cc1.CCCc1ccc(C(=O)OCC(O)CO)s1. The number of hydrogen-bond acceptors (Lipinski definition) is 6. The molecule has 0 radical (unpaired) electrons. The van der Waals surface area contributed by atoms with Crippen LogP contribution in [0.25, 0.3) is 0 Å². The minimum Gasteiger partial charge on any atom is -0.459 e. The first kappa shape index (κ1) is 28.0. The number of nitrogens with zero attached hydrogens (tertiary/aromatic N) is 1. The number of carbonyl (C=O) groups is 2. The fourth-order valence-electron chi connectivity index (χ4n) is 3.68. The van der Waals surface area contributed by atoms with E-state index >= 15 is 0 Å². The van der Waals surface area contributed by atoms with Gasteiger partial charge in [-0.1, -0.05) is 51.7 Å². The van der Waals surface area contributed by atoms with Gasteiger partial charge in [-0.25, -0.2) is 4.79 Å². The number of thiophene rings is 1. The highest BCUT2D eigenvalue weighted by Crippen LogP contribution is 2.22. The number of carbonyl (C=O) groups excluding carboxylic acids is 2. The van der Waals surface area contributed by atoms with Crippen molar-refractivity contribution in [3.8, 4) is 0 Å². The molecule has 0 saturated carbocycles. The van der Waals surface area contributed by atoms with Crippen LogP contribution in [0.1, 0.15) is 78.9 Å². The second-order valence-electron chi connectivity index (χ2n) is 8.58. The standard InChI is InChI=1S/C16H23NO.C11H16O4S/c1-2-3-4-5-7-14-9-11-15(12-10-14)17-13-6-8-16(17)18;1-2-3-9-4-5-10(16-9)11(14)15-7-8(13)6-12/h9-12H,2-8,13H2,1H3;4-5,8,12-13H,2-3,6-7H2,1H3. The first-order valence-electron chi connectivity index (χ1n) is 12.4. The smallest absolute Gasteiger partial charge is 0.348 e. The Bertz CT molecular complexity index is 864. The van der Waals surface area contributed by atoms with Crippen LogP contribution in [0.5, 0.6) is 0 Å². The molecule has 2 heterocycles. The van der Waals surface area contributed by atoms with Crippen molar-refractivity contribution in [1.82, 2.24) is 0 Å². The van der Waals surface area contributed by atoms with Gasteiger partial charge in [-0.3, -0.25) is 4.79 Å². The summed E-state index contributed by atoms with van der Waals surface area (Å²) < 4.78 is 4.83. The zero-order valence-electron chi connectivity index (χ0n) is 20.5. The molecule has 1 amide bonds. The molecule has 2 aromatic rings. The van der Waals surface area contributed by atoms with E-state index in [1.807, 2.05) is 11.0 Å². The minimum absolute atomic E-state index is 0.170. The van der Waals surface area contributed by atoms with Crippen LogP contribution in [-0.2, 0) is 22.4 Å². The third-order valence-corrected chi connectivity index (χ3v) is 6.74. The summed E-state index contributed by atoms with van der Waals surface area (Å²) in [4.78, 5) is 26.7. The Morgan fingerprint density at radius 2 is 1.82 bits per heavy atom. The number of anilines is 1. The predicted molar refractivity (Wildman–Crippen MR) is 138 cm³/mol. The van der Waals surface area contributed by atoms with Gasteiger partial charge < -0.3 is 19.8 Å². The summed E-state index contributed by atoms with van der Waals surface area (Å²) >= 11 is 1.41. The van der Waals surface area contributed by atoms with Crippen LogP contribution in [0.4, 0.5) is 5.69 Å². The van der Waals surface area contributed by atoms with Gasteiger partial charge in [0.25, 0.3) is 0 Å². The molecule has 3 rings (SSSR count). The summed E-state index contributed by atoms with van der Waals surface area (Å²) in [5, 5.41) is 17.6. The van der Waals surface area contributed by atoms with Crippen LogP contribution in [0.3, 0.4) is 0 Å². The zero-order chi connectivity index (χ0) is 24.8. The van der Waals surface area contributed by atoms with Gasteiger partial charge >= 0.3 is 5.97 Å². The van der Waals surface area contributed by atoms with Crippen molar-refractivity contribution in [2.24, 2.45) is 0 Å². The molecule has 0 aliphatic carbocycles. The Balaban J connectivity index is 0.000000242. The lowest BCUT2D eigenvalue weighted by Crippen LogP contribution is -2.23. The molecule has 1 saturated heterocycles. The van der Waals surface area contributed by atoms with Crippen LogP contribution in [0, 0.1) is 0 Å². The first-order valence-corrected chi connectivity index (χ1v) is 13.2. The number of rotatable bonds is 12. The number of amides is 1. The molecule has 0 bridgehead atoms. The maximum absolute atomic E-state index is 11.6. The number of aliphatic hydroxyl groups is 2. The lowest BCUT2D eigenvalue weighted by Gasteiger charge is -2.15. The van der Waals surface area contributed by atoms with Gasteiger partial charge in [0.05, 0.1) is 6.61 Å². The Hall–Kier alpha value is -2.22. The predicted octanol–water partition coefficient (Wildman–Crippen LogP) is 5.15. The molecule has 188 valence electrons. The van der Waals surface area contributed by atoms with Gasteiger partial charge in [0.15, 0.2) is 0 Å². The van der Waals surface area contributed by atoms with Gasteiger partial charge in [0.1, 0.15) is 17.6 Å². The minimum atomic E-state index is -1.00. The summed E-state index contributed by atoms with van der Waals surface area (Å²) in [5.74, 6) is -0.175. The summed E-state index contributed by atoms with van der Waals surface area (Å²) in [6, 6.07) is 12.2. The van der Waals surface area contributed by atoms with E-state index in [2.05, 4.69) is 38.1 Å². The average Bonchev–Trinajstić information content (AvgIpc) is 3.50. The summed E-state index contributed by atoms with van der Waals surface area (Å²) in [7, 11) is 0. The Labute approximate surface area is 207 Å². The van der Waals surface area contributed by atoms with E-state index < -0.39 is 18.7 Å². The molecule has 1 fully saturated rings.